The van der Waals surface area contributed by atoms with Gasteiger partial charge in [-0.25, -0.2) is 9.18 Å². The third kappa shape index (κ3) is 2.51. The summed E-state index contributed by atoms with van der Waals surface area (Å²) >= 11 is 0. The Morgan fingerprint density at radius 2 is 1.75 bits per heavy atom. The lowest BCUT2D eigenvalue weighted by Crippen LogP contribution is -2.37. The fourth-order valence-electron chi connectivity index (χ4n) is 3.57. The van der Waals surface area contributed by atoms with E-state index >= 15 is 0 Å². The minimum Gasteiger partial charge on any atom is -0.309 e. The molecule has 3 aromatic heterocycles. The number of imidazole rings is 2. The number of nitrogens with zero attached hydrogens (tertiary/aromatic N) is 5. The molecule has 0 N–H and O–H groups in total. The van der Waals surface area contributed by atoms with E-state index in [2.05, 4.69) is 25.8 Å². The molecule has 0 fully saturated rings. The van der Waals surface area contributed by atoms with Crippen LogP contribution in [0, 0.1) is 5.82 Å². The van der Waals surface area contributed by atoms with E-state index in [1.165, 1.54) is 17.7 Å². The Balaban J connectivity index is 2.11. The molecule has 0 atom stereocenters. The molecule has 1 aromatic carbocycles. The van der Waals surface area contributed by atoms with Gasteiger partial charge in [0.25, 0.3) is 5.56 Å². The zero-order valence-electron chi connectivity index (χ0n) is 16.5. The Kier molecular flexibility index (Phi) is 3.85. The SMILES string of the molecule is Cn1c(=O)c2c(nc3n(Cc4ccccc4F)c(C(C)(C)C)cn23)n(C)c1=O. The highest BCUT2D eigenvalue weighted by Gasteiger charge is 2.26. The van der Waals surface area contributed by atoms with Gasteiger partial charge in [-0.05, 0) is 6.07 Å². The quantitative estimate of drug-likeness (QED) is 0.533. The number of aryl methyl sites for hydroxylation is 1. The number of fused-ring (bicyclic) bond motifs is 3. The van der Waals surface area contributed by atoms with Crippen molar-refractivity contribution in [3.8, 4) is 0 Å². The molecule has 7 nitrogen and oxygen atoms in total. The molecule has 0 spiro atoms. The van der Waals surface area contributed by atoms with E-state index in [0.717, 1.165) is 10.3 Å². The minimum absolute atomic E-state index is 0.260. The molecule has 0 radical (unpaired) electrons. The van der Waals surface area contributed by atoms with Gasteiger partial charge in [0.2, 0.25) is 5.78 Å². The summed E-state index contributed by atoms with van der Waals surface area (Å²) in [6, 6.07) is 6.60. The Morgan fingerprint density at radius 3 is 2.39 bits per heavy atom. The van der Waals surface area contributed by atoms with Crippen LogP contribution in [-0.4, -0.2) is 23.1 Å². The van der Waals surface area contributed by atoms with E-state index in [4.69, 9.17) is 0 Å². The summed E-state index contributed by atoms with van der Waals surface area (Å²) in [5, 5.41) is 0. The standard InChI is InChI=1S/C20H22FN5O2/c1-20(2,3)14-11-26-15-16(23(4)19(28)24(5)17(15)27)22-18(26)25(14)10-12-8-6-7-9-13(12)21/h6-9,11H,10H2,1-5H3. The highest BCUT2D eigenvalue weighted by atomic mass is 19.1. The zero-order chi connectivity index (χ0) is 20.4. The minimum atomic E-state index is -0.435. The van der Waals surface area contributed by atoms with Crippen LogP contribution in [0.4, 0.5) is 4.39 Å². The molecule has 3 heterocycles. The maximum absolute atomic E-state index is 14.3. The summed E-state index contributed by atoms with van der Waals surface area (Å²) in [6.07, 6.45) is 1.86. The third-order valence-electron chi connectivity index (χ3n) is 5.11. The number of halogens is 1. The van der Waals surface area contributed by atoms with Gasteiger partial charge in [0.05, 0.1) is 6.54 Å². The molecule has 0 bridgehead atoms. The molecule has 0 amide bonds. The van der Waals surface area contributed by atoms with Crippen LogP contribution in [0.2, 0.25) is 0 Å². The molecule has 146 valence electrons. The Labute approximate surface area is 160 Å². The maximum Gasteiger partial charge on any atom is 0.332 e. The average Bonchev–Trinajstić information content (AvgIpc) is 3.17. The molecule has 4 rings (SSSR count). The van der Waals surface area contributed by atoms with Crippen LogP contribution >= 0.6 is 0 Å². The van der Waals surface area contributed by atoms with Gasteiger partial charge in [-0.3, -0.25) is 18.3 Å². The van der Waals surface area contributed by atoms with Crippen LogP contribution in [0.1, 0.15) is 32.0 Å². The first-order valence-electron chi connectivity index (χ1n) is 9.02. The number of aromatic nitrogens is 5. The number of rotatable bonds is 2. The second kappa shape index (κ2) is 5.92. The van der Waals surface area contributed by atoms with Gasteiger partial charge < -0.3 is 4.57 Å². The van der Waals surface area contributed by atoms with Gasteiger partial charge in [0.15, 0.2) is 11.2 Å². The first kappa shape index (κ1) is 18.2. The van der Waals surface area contributed by atoms with E-state index in [0.29, 0.717) is 22.5 Å². The second-order valence-electron chi connectivity index (χ2n) is 8.10. The van der Waals surface area contributed by atoms with E-state index in [1.54, 1.807) is 29.6 Å². The van der Waals surface area contributed by atoms with Crippen LogP contribution in [-0.2, 0) is 26.1 Å². The predicted molar refractivity (Wildman–Crippen MR) is 105 cm³/mol. The van der Waals surface area contributed by atoms with Crippen molar-refractivity contribution in [1.82, 2.24) is 23.1 Å². The molecule has 8 heteroatoms. The third-order valence-corrected chi connectivity index (χ3v) is 5.11. The molecule has 0 unspecified atom stereocenters. The van der Waals surface area contributed by atoms with Crippen LogP contribution in [0.25, 0.3) is 16.9 Å². The zero-order valence-corrected chi connectivity index (χ0v) is 16.5. The predicted octanol–water partition coefficient (Wildman–Crippen LogP) is 2.17. The van der Waals surface area contributed by atoms with E-state index < -0.39 is 11.2 Å². The van der Waals surface area contributed by atoms with Crippen LogP contribution in [0.5, 0.6) is 0 Å². The van der Waals surface area contributed by atoms with Gasteiger partial charge >= 0.3 is 5.69 Å². The van der Waals surface area contributed by atoms with Crippen molar-refractivity contribution in [3.63, 3.8) is 0 Å². The number of hydrogen-bond acceptors (Lipinski definition) is 3. The summed E-state index contributed by atoms with van der Waals surface area (Å²) in [4.78, 5) is 29.6. The van der Waals surface area contributed by atoms with Crippen molar-refractivity contribution in [2.75, 3.05) is 0 Å². The lowest BCUT2D eigenvalue weighted by Gasteiger charge is -2.21. The number of hydrogen-bond donors (Lipinski definition) is 0. The Bertz CT molecular complexity index is 1350. The fourth-order valence-corrected chi connectivity index (χ4v) is 3.57. The average molecular weight is 383 g/mol. The maximum atomic E-state index is 14.3. The van der Waals surface area contributed by atoms with Crippen molar-refractivity contribution >= 4 is 16.9 Å². The van der Waals surface area contributed by atoms with Gasteiger partial charge in [-0.2, -0.15) is 4.98 Å². The summed E-state index contributed by atoms with van der Waals surface area (Å²) < 4.78 is 20.3. The van der Waals surface area contributed by atoms with Gasteiger partial charge in [0, 0.05) is 37.0 Å². The molecule has 0 aliphatic carbocycles. The first-order valence-corrected chi connectivity index (χ1v) is 9.02. The molecule has 28 heavy (non-hydrogen) atoms. The van der Waals surface area contributed by atoms with Crippen molar-refractivity contribution in [2.24, 2.45) is 14.1 Å². The van der Waals surface area contributed by atoms with Crippen LogP contribution in [0.15, 0.2) is 40.1 Å². The molecule has 4 aromatic rings. The smallest absolute Gasteiger partial charge is 0.309 e. The Hall–Kier alpha value is -3.16. The highest BCUT2D eigenvalue weighted by Crippen LogP contribution is 2.28. The fraction of sp³-hybridized carbons (Fsp3) is 0.350. The van der Waals surface area contributed by atoms with Crippen molar-refractivity contribution in [3.05, 3.63) is 68.4 Å². The van der Waals surface area contributed by atoms with Gasteiger partial charge in [-0.15, -0.1) is 0 Å². The molecular formula is C20H22FN5O2. The summed E-state index contributed by atoms with van der Waals surface area (Å²) in [7, 11) is 3.03. The van der Waals surface area contributed by atoms with Gasteiger partial charge in [-0.1, -0.05) is 39.0 Å². The van der Waals surface area contributed by atoms with Crippen LogP contribution < -0.4 is 11.2 Å². The van der Waals surface area contributed by atoms with Crippen molar-refractivity contribution in [2.45, 2.75) is 32.7 Å². The largest absolute Gasteiger partial charge is 0.332 e. The normalized spacial score (nSPS) is 12.4. The first-order chi connectivity index (χ1) is 13.1. The molecular weight excluding hydrogens is 361 g/mol. The molecule has 0 saturated heterocycles. The Morgan fingerprint density at radius 1 is 1.07 bits per heavy atom. The topological polar surface area (TPSA) is 66.2 Å². The lowest BCUT2D eigenvalue weighted by atomic mass is 9.92. The summed E-state index contributed by atoms with van der Waals surface area (Å²) in [6.45, 7) is 6.42. The molecule has 0 saturated carbocycles. The van der Waals surface area contributed by atoms with E-state index in [9.17, 15) is 14.0 Å². The van der Waals surface area contributed by atoms with Crippen molar-refractivity contribution in [1.29, 1.82) is 0 Å². The number of benzene rings is 1. The monoisotopic (exact) mass is 383 g/mol. The second-order valence-corrected chi connectivity index (χ2v) is 8.10. The lowest BCUT2D eigenvalue weighted by molar-refractivity contribution is 0.527. The van der Waals surface area contributed by atoms with Crippen LogP contribution in [0.3, 0.4) is 0 Å². The summed E-state index contributed by atoms with van der Waals surface area (Å²) in [5.41, 5.74) is 0.979. The molecule has 0 aliphatic heterocycles. The van der Waals surface area contributed by atoms with Gasteiger partial charge in [0.1, 0.15) is 5.82 Å². The molecule has 0 aliphatic rings. The van der Waals surface area contributed by atoms with E-state index in [-0.39, 0.29) is 17.8 Å². The van der Waals surface area contributed by atoms with Crippen molar-refractivity contribution < 1.29 is 4.39 Å². The van der Waals surface area contributed by atoms with E-state index in [1.807, 2.05) is 10.8 Å². The highest BCUT2D eigenvalue weighted by molar-refractivity contribution is 5.75. The summed E-state index contributed by atoms with van der Waals surface area (Å²) in [5.74, 6) is 0.204.